The zero-order valence-electron chi connectivity index (χ0n) is 4.74. The van der Waals surface area contributed by atoms with Crippen LogP contribution in [0.3, 0.4) is 0 Å². The number of urea groups is 1. The van der Waals surface area contributed by atoms with Crippen LogP contribution in [0.4, 0.5) is 4.79 Å². The fraction of sp³-hybridized carbons (Fsp3) is 0. The summed E-state index contributed by atoms with van der Waals surface area (Å²) in [5, 5.41) is 2.76. The minimum absolute atomic E-state index is 0.482. The Morgan fingerprint density at radius 3 is 2.33 bits per heavy atom. The summed E-state index contributed by atoms with van der Waals surface area (Å²) in [4.78, 5) is 11.6. The molecule has 0 aromatic rings. The molecule has 1 heterocycles. The molecule has 2 amide bonds. The van der Waals surface area contributed by atoms with Crippen LogP contribution in [0.1, 0.15) is 0 Å². The number of rotatable bonds is 0. The van der Waals surface area contributed by atoms with Gasteiger partial charge in [0.1, 0.15) is 0 Å². The molecule has 48 valence electrons. The number of primary amides is 1. The van der Waals surface area contributed by atoms with Crippen molar-refractivity contribution < 1.29 is 4.79 Å². The Hall–Kier alpha value is -1.45. The molecule has 0 saturated carbocycles. The van der Waals surface area contributed by atoms with Gasteiger partial charge in [-0.05, 0) is 0 Å². The topological polar surface area (TPSA) is 58.4 Å². The van der Waals surface area contributed by atoms with Crippen LogP contribution in [0, 0.1) is 0 Å². The zero-order valence-corrected chi connectivity index (χ0v) is 4.74. The number of nitrogens with one attached hydrogen (secondary N) is 1. The Bertz CT molecular complexity index is 161. The molecule has 1 aliphatic rings. The van der Waals surface area contributed by atoms with Gasteiger partial charge in [-0.2, -0.15) is 0 Å². The maximum Gasteiger partial charge on any atom is 0.322 e. The van der Waals surface area contributed by atoms with Crippen LogP contribution >= 0.6 is 0 Å². The van der Waals surface area contributed by atoms with Crippen LogP contribution in [0.15, 0.2) is 24.8 Å². The van der Waals surface area contributed by atoms with Gasteiger partial charge in [0.25, 0.3) is 0 Å². The molecule has 0 spiro atoms. The SMILES string of the molecule is NC(=O)N1C=CNC=C1. The van der Waals surface area contributed by atoms with E-state index in [0.717, 1.165) is 0 Å². The van der Waals surface area contributed by atoms with Crippen LogP contribution in [0.2, 0.25) is 0 Å². The lowest BCUT2D eigenvalue weighted by Gasteiger charge is -2.11. The zero-order chi connectivity index (χ0) is 6.69. The van der Waals surface area contributed by atoms with Crippen molar-refractivity contribution >= 4 is 6.03 Å². The molecule has 0 radical (unpaired) electrons. The normalized spacial score (nSPS) is 15.3. The van der Waals surface area contributed by atoms with Gasteiger partial charge in [-0.1, -0.05) is 0 Å². The molecule has 4 heteroatoms. The largest absolute Gasteiger partial charge is 0.365 e. The van der Waals surface area contributed by atoms with E-state index in [1.807, 2.05) is 0 Å². The molecule has 0 aromatic carbocycles. The highest BCUT2D eigenvalue weighted by atomic mass is 16.2. The van der Waals surface area contributed by atoms with Crippen LogP contribution in [-0.4, -0.2) is 10.9 Å². The monoisotopic (exact) mass is 125 g/mol. The second kappa shape index (κ2) is 2.21. The number of hydrogen-bond donors (Lipinski definition) is 2. The minimum Gasteiger partial charge on any atom is -0.365 e. The van der Waals surface area contributed by atoms with Crippen LogP contribution < -0.4 is 11.1 Å². The first-order valence-corrected chi connectivity index (χ1v) is 2.48. The number of nitrogens with two attached hydrogens (primary N) is 1. The van der Waals surface area contributed by atoms with Crippen molar-refractivity contribution in [1.29, 1.82) is 0 Å². The molecule has 0 atom stereocenters. The van der Waals surface area contributed by atoms with Crippen molar-refractivity contribution in [2.24, 2.45) is 5.73 Å². The summed E-state index contributed by atoms with van der Waals surface area (Å²) in [7, 11) is 0. The lowest BCUT2D eigenvalue weighted by Crippen LogP contribution is -2.28. The molecule has 4 nitrogen and oxygen atoms in total. The van der Waals surface area contributed by atoms with Crippen molar-refractivity contribution in [2.75, 3.05) is 0 Å². The van der Waals surface area contributed by atoms with E-state index in [1.54, 1.807) is 24.8 Å². The first-order valence-electron chi connectivity index (χ1n) is 2.48. The summed E-state index contributed by atoms with van der Waals surface area (Å²) in [5.41, 5.74) is 4.92. The highest BCUT2D eigenvalue weighted by Gasteiger charge is 2.01. The average molecular weight is 125 g/mol. The molecule has 0 aliphatic carbocycles. The Labute approximate surface area is 52.6 Å². The van der Waals surface area contributed by atoms with Gasteiger partial charge in [0, 0.05) is 24.8 Å². The molecule has 9 heavy (non-hydrogen) atoms. The smallest absolute Gasteiger partial charge is 0.322 e. The number of hydrogen-bond acceptors (Lipinski definition) is 2. The predicted octanol–water partition coefficient (Wildman–Crippen LogP) is -0.0873. The molecular formula is C5H7N3O. The Balaban J connectivity index is 2.60. The number of carbonyl (C=O) groups is 1. The van der Waals surface area contributed by atoms with Crippen molar-refractivity contribution in [3.05, 3.63) is 24.8 Å². The Morgan fingerprint density at radius 2 is 2.00 bits per heavy atom. The molecule has 0 bridgehead atoms. The van der Waals surface area contributed by atoms with Gasteiger partial charge in [-0.25, -0.2) is 4.79 Å². The van der Waals surface area contributed by atoms with Crippen LogP contribution in [0.5, 0.6) is 0 Å². The average Bonchev–Trinajstić information content (AvgIpc) is 1.90. The number of amides is 2. The first-order chi connectivity index (χ1) is 4.30. The lowest BCUT2D eigenvalue weighted by molar-refractivity contribution is 0.235. The van der Waals surface area contributed by atoms with Crippen LogP contribution in [-0.2, 0) is 0 Å². The summed E-state index contributed by atoms with van der Waals surface area (Å²) in [5.74, 6) is 0. The highest BCUT2D eigenvalue weighted by Crippen LogP contribution is 1.93. The predicted molar refractivity (Wildman–Crippen MR) is 32.8 cm³/mol. The van der Waals surface area contributed by atoms with Gasteiger partial charge in [-0.15, -0.1) is 0 Å². The van der Waals surface area contributed by atoms with E-state index in [1.165, 1.54) is 4.90 Å². The van der Waals surface area contributed by atoms with E-state index in [2.05, 4.69) is 5.32 Å². The van der Waals surface area contributed by atoms with E-state index in [4.69, 9.17) is 5.73 Å². The molecule has 0 aromatic heterocycles. The van der Waals surface area contributed by atoms with E-state index in [9.17, 15) is 4.79 Å². The van der Waals surface area contributed by atoms with E-state index in [-0.39, 0.29) is 0 Å². The van der Waals surface area contributed by atoms with Crippen molar-refractivity contribution in [1.82, 2.24) is 10.2 Å². The molecule has 1 rings (SSSR count). The fourth-order valence-corrected chi connectivity index (χ4v) is 0.499. The summed E-state index contributed by atoms with van der Waals surface area (Å²) >= 11 is 0. The summed E-state index contributed by atoms with van der Waals surface area (Å²) in [6.07, 6.45) is 6.32. The van der Waals surface area contributed by atoms with Crippen molar-refractivity contribution in [3.8, 4) is 0 Å². The van der Waals surface area contributed by atoms with Gasteiger partial charge in [0.15, 0.2) is 0 Å². The second-order valence-corrected chi connectivity index (χ2v) is 1.54. The Morgan fingerprint density at radius 1 is 1.44 bits per heavy atom. The van der Waals surface area contributed by atoms with E-state index in [0.29, 0.717) is 0 Å². The molecule has 0 fully saturated rings. The summed E-state index contributed by atoms with van der Waals surface area (Å²) in [6, 6.07) is -0.482. The number of nitrogens with zero attached hydrogens (tertiary/aromatic N) is 1. The van der Waals surface area contributed by atoms with Gasteiger partial charge in [-0.3, -0.25) is 4.90 Å². The second-order valence-electron chi connectivity index (χ2n) is 1.54. The van der Waals surface area contributed by atoms with E-state index >= 15 is 0 Å². The fourth-order valence-electron chi connectivity index (χ4n) is 0.499. The van der Waals surface area contributed by atoms with Crippen molar-refractivity contribution in [2.45, 2.75) is 0 Å². The lowest BCUT2D eigenvalue weighted by atomic mass is 10.6. The third kappa shape index (κ3) is 1.22. The minimum atomic E-state index is -0.482. The third-order valence-electron chi connectivity index (χ3n) is 0.917. The van der Waals surface area contributed by atoms with Gasteiger partial charge < -0.3 is 11.1 Å². The maximum atomic E-state index is 10.4. The molecule has 3 N–H and O–H groups in total. The highest BCUT2D eigenvalue weighted by molar-refractivity contribution is 5.74. The quantitative estimate of drug-likeness (QED) is 0.475. The molecular weight excluding hydrogens is 118 g/mol. The van der Waals surface area contributed by atoms with Crippen molar-refractivity contribution in [3.63, 3.8) is 0 Å². The molecule has 1 aliphatic heterocycles. The maximum absolute atomic E-state index is 10.4. The molecule has 0 unspecified atom stereocenters. The standard InChI is InChI=1S/C5H7N3O/c6-5(9)8-3-1-7-2-4-8/h1-4,7H,(H2,6,9). The Kier molecular flexibility index (Phi) is 1.40. The van der Waals surface area contributed by atoms with Gasteiger partial charge in [0.05, 0.1) is 0 Å². The van der Waals surface area contributed by atoms with E-state index < -0.39 is 6.03 Å². The van der Waals surface area contributed by atoms with Gasteiger partial charge >= 0.3 is 6.03 Å². The summed E-state index contributed by atoms with van der Waals surface area (Å²) < 4.78 is 0. The third-order valence-corrected chi connectivity index (χ3v) is 0.917. The number of carbonyl (C=O) groups excluding carboxylic acids is 1. The summed E-state index contributed by atoms with van der Waals surface area (Å²) in [6.45, 7) is 0. The van der Waals surface area contributed by atoms with Crippen LogP contribution in [0.25, 0.3) is 0 Å². The van der Waals surface area contributed by atoms with Gasteiger partial charge in [0.2, 0.25) is 0 Å². The molecule has 0 saturated heterocycles. The first kappa shape index (κ1) is 5.68.